The van der Waals surface area contributed by atoms with Crippen LogP contribution in [0.4, 0.5) is 0 Å². The van der Waals surface area contributed by atoms with Crippen LogP contribution in [0.1, 0.15) is 6.42 Å². The van der Waals surface area contributed by atoms with Gasteiger partial charge in [-0.1, -0.05) is 0 Å². The highest BCUT2D eigenvalue weighted by Gasteiger charge is 2.32. The summed E-state index contributed by atoms with van der Waals surface area (Å²) in [6.07, 6.45) is 1.15. The van der Waals surface area contributed by atoms with Crippen LogP contribution in [0.5, 0.6) is 0 Å². The van der Waals surface area contributed by atoms with Crippen LogP contribution >= 0.6 is 0 Å². The molecule has 0 saturated carbocycles. The molecule has 0 aliphatic carbocycles. The fourth-order valence-corrected chi connectivity index (χ4v) is 7.22. The van der Waals surface area contributed by atoms with Crippen LogP contribution in [0.15, 0.2) is 0 Å². The van der Waals surface area contributed by atoms with Gasteiger partial charge in [0.2, 0.25) is 0 Å². The summed E-state index contributed by atoms with van der Waals surface area (Å²) in [6, 6.07) is 1.05. The molecule has 0 aromatic carbocycles. The Kier molecular flexibility index (Phi) is 7.61. The largest absolute Gasteiger partial charge is 0.417 e. The Bertz CT molecular complexity index is 230. The third-order valence-corrected chi connectivity index (χ3v) is 9.61. The van der Waals surface area contributed by atoms with Crippen molar-refractivity contribution in [2.45, 2.75) is 25.6 Å². The van der Waals surface area contributed by atoms with E-state index in [0.717, 1.165) is 45.2 Å². The highest BCUT2D eigenvalue weighted by atomic mass is 28.4. The Labute approximate surface area is 114 Å². The molecule has 1 aliphatic rings. The minimum atomic E-state index is -2.00. The minimum Gasteiger partial charge on any atom is -0.417 e. The van der Waals surface area contributed by atoms with Crippen LogP contribution < -0.4 is 5.32 Å². The van der Waals surface area contributed by atoms with E-state index in [1.54, 1.807) is 14.2 Å². The summed E-state index contributed by atoms with van der Waals surface area (Å²) >= 11 is 0. The van der Waals surface area contributed by atoms with Gasteiger partial charge in [-0.25, -0.2) is 0 Å². The maximum Gasteiger partial charge on any atom is 0.325 e. The Morgan fingerprint density at radius 1 is 1.28 bits per heavy atom. The summed E-state index contributed by atoms with van der Waals surface area (Å²) in [5.41, 5.74) is 0. The maximum atomic E-state index is 6.03. The lowest BCUT2D eigenvalue weighted by Gasteiger charge is -2.30. The van der Waals surface area contributed by atoms with Crippen molar-refractivity contribution in [3.63, 3.8) is 0 Å². The number of nitrogens with zero attached hydrogens (tertiary/aromatic N) is 1. The van der Waals surface area contributed by atoms with Gasteiger partial charge in [-0.2, -0.15) is 0 Å². The molecule has 1 N–H and O–H groups in total. The molecule has 7 heteroatoms. The highest BCUT2D eigenvalue weighted by Crippen LogP contribution is 2.16. The van der Waals surface area contributed by atoms with Gasteiger partial charge in [-0.3, -0.25) is 0 Å². The molecule has 1 saturated heterocycles. The lowest BCUT2D eigenvalue weighted by Crippen LogP contribution is -2.45. The molecular weight excluding hydrogens is 264 g/mol. The van der Waals surface area contributed by atoms with Crippen molar-refractivity contribution in [2.24, 2.45) is 0 Å². The number of hydrogen-bond acceptors (Lipinski definition) is 5. The van der Waals surface area contributed by atoms with Crippen molar-refractivity contribution in [3.8, 4) is 0 Å². The number of hydrogen-bond donors (Lipinski definition) is 1. The van der Waals surface area contributed by atoms with Crippen molar-refractivity contribution in [3.05, 3.63) is 0 Å². The smallest absolute Gasteiger partial charge is 0.325 e. The van der Waals surface area contributed by atoms with E-state index in [0.29, 0.717) is 0 Å². The van der Waals surface area contributed by atoms with Gasteiger partial charge in [0.1, 0.15) is 0 Å². The molecule has 0 amide bonds. The standard InChI is InChI=1S/C11H28N2O3Si2/c1-14-17(3)16-18(4,15-2)11-5-8-13-9-6-12-7-10-13/h12,17H,5-11H2,1-4H3. The Morgan fingerprint density at radius 2 is 1.94 bits per heavy atom. The molecule has 0 aromatic heterocycles. The molecule has 0 bridgehead atoms. The summed E-state index contributed by atoms with van der Waals surface area (Å²) < 4.78 is 17.0. The van der Waals surface area contributed by atoms with Gasteiger partial charge < -0.3 is 23.2 Å². The zero-order chi connectivity index (χ0) is 13.4. The van der Waals surface area contributed by atoms with Gasteiger partial charge in [0.25, 0.3) is 0 Å². The van der Waals surface area contributed by atoms with E-state index in [2.05, 4.69) is 23.3 Å². The van der Waals surface area contributed by atoms with E-state index in [9.17, 15) is 0 Å². The Morgan fingerprint density at radius 3 is 2.50 bits per heavy atom. The van der Waals surface area contributed by atoms with Gasteiger partial charge in [0, 0.05) is 40.4 Å². The summed E-state index contributed by atoms with van der Waals surface area (Å²) in [6.45, 7) is 9.91. The third kappa shape index (κ3) is 5.92. The first-order chi connectivity index (χ1) is 8.59. The van der Waals surface area contributed by atoms with E-state index < -0.39 is 17.8 Å². The van der Waals surface area contributed by atoms with Gasteiger partial charge in [0.15, 0.2) is 0 Å². The average molecular weight is 293 g/mol. The fourth-order valence-electron chi connectivity index (χ4n) is 2.17. The molecule has 1 heterocycles. The van der Waals surface area contributed by atoms with Crippen LogP contribution in [0.25, 0.3) is 0 Å². The van der Waals surface area contributed by atoms with Gasteiger partial charge >= 0.3 is 17.8 Å². The molecular formula is C11H28N2O3Si2. The Hall–Kier alpha value is 0.234. The van der Waals surface area contributed by atoms with E-state index in [1.165, 1.54) is 0 Å². The van der Waals surface area contributed by atoms with Crippen molar-refractivity contribution < 1.29 is 13.0 Å². The Balaban J connectivity index is 2.24. The second-order valence-electron chi connectivity index (χ2n) is 4.95. The second kappa shape index (κ2) is 8.41. The lowest BCUT2D eigenvalue weighted by atomic mass is 10.3. The van der Waals surface area contributed by atoms with Gasteiger partial charge in [0.05, 0.1) is 0 Å². The normalized spacial score (nSPS) is 22.7. The first kappa shape index (κ1) is 16.3. The molecule has 2 atom stereocenters. The topological polar surface area (TPSA) is 43.0 Å². The molecule has 108 valence electrons. The first-order valence-electron chi connectivity index (χ1n) is 6.78. The number of nitrogens with one attached hydrogen (secondary N) is 1. The average Bonchev–Trinajstić information content (AvgIpc) is 2.40. The molecule has 1 aliphatic heterocycles. The molecule has 1 fully saturated rings. The first-order valence-corrected chi connectivity index (χ1v) is 11.4. The van der Waals surface area contributed by atoms with Crippen molar-refractivity contribution >= 4 is 17.8 Å². The summed E-state index contributed by atoms with van der Waals surface area (Å²) in [5.74, 6) is 0. The fraction of sp³-hybridized carbons (Fsp3) is 1.00. The minimum absolute atomic E-state index is 1.05. The van der Waals surface area contributed by atoms with Crippen LogP contribution in [-0.2, 0) is 13.0 Å². The third-order valence-electron chi connectivity index (χ3n) is 3.49. The molecule has 1 rings (SSSR count). The molecule has 0 aromatic rings. The molecule has 2 unspecified atom stereocenters. The second-order valence-corrected chi connectivity index (χ2v) is 10.7. The lowest BCUT2D eigenvalue weighted by molar-refractivity contribution is 0.232. The number of rotatable bonds is 8. The monoisotopic (exact) mass is 292 g/mol. The highest BCUT2D eigenvalue weighted by molar-refractivity contribution is 6.72. The van der Waals surface area contributed by atoms with Crippen LogP contribution in [0.2, 0.25) is 19.1 Å². The van der Waals surface area contributed by atoms with Crippen molar-refractivity contribution in [1.82, 2.24) is 10.2 Å². The number of piperazine rings is 1. The molecule has 5 nitrogen and oxygen atoms in total. The summed E-state index contributed by atoms with van der Waals surface area (Å²) in [7, 11) is 0.0109. The van der Waals surface area contributed by atoms with Crippen LogP contribution in [0.3, 0.4) is 0 Å². The molecule has 18 heavy (non-hydrogen) atoms. The van der Waals surface area contributed by atoms with Crippen LogP contribution in [0, 0.1) is 0 Å². The zero-order valence-electron chi connectivity index (χ0n) is 12.2. The van der Waals surface area contributed by atoms with E-state index in [4.69, 9.17) is 13.0 Å². The molecule has 0 radical (unpaired) electrons. The maximum absolute atomic E-state index is 6.03. The summed E-state index contributed by atoms with van der Waals surface area (Å²) in [5, 5.41) is 3.37. The van der Waals surface area contributed by atoms with E-state index >= 15 is 0 Å². The van der Waals surface area contributed by atoms with Crippen molar-refractivity contribution in [1.29, 1.82) is 0 Å². The van der Waals surface area contributed by atoms with Gasteiger partial charge in [-0.15, -0.1) is 0 Å². The predicted molar refractivity (Wildman–Crippen MR) is 78.5 cm³/mol. The zero-order valence-corrected chi connectivity index (χ0v) is 14.4. The van der Waals surface area contributed by atoms with E-state index in [1.807, 2.05) is 0 Å². The van der Waals surface area contributed by atoms with Crippen LogP contribution in [-0.4, -0.2) is 69.7 Å². The summed E-state index contributed by atoms with van der Waals surface area (Å²) in [4.78, 5) is 2.51. The quantitative estimate of drug-likeness (QED) is 0.661. The SMILES string of the molecule is CO[SiH](C)O[Si](C)(CCCN1CCNCC1)OC. The van der Waals surface area contributed by atoms with Gasteiger partial charge in [-0.05, 0) is 32.1 Å². The predicted octanol–water partition coefficient (Wildman–Crippen LogP) is 0.513. The van der Waals surface area contributed by atoms with E-state index in [-0.39, 0.29) is 0 Å². The van der Waals surface area contributed by atoms with Crippen molar-refractivity contribution in [2.75, 3.05) is 46.9 Å². The molecule has 0 spiro atoms.